The van der Waals surface area contributed by atoms with Crippen LogP contribution in [0.2, 0.25) is 0 Å². The maximum Gasteiger partial charge on any atom is 0.275 e. The molecule has 2 aromatic rings. The molecule has 0 aliphatic heterocycles. The second kappa shape index (κ2) is 12.8. The lowest BCUT2D eigenvalue weighted by atomic mass is 10.2. The molecule has 0 aliphatic carbocycles. The number of guanidine groups is 1. The molecule has 0 saturated carbocycles. The number of aromatic nitrogens is 1. The van der Waals surface area contributed by atoms with E-state index in [0.717, 1.165) is 18.4 Å². The molecular weight excluding hydrogens is 460 g/mol. The van der Waals surface area contributed by atoms with Gasteiger partial charge >= 0.3 is 0 Å². The fraction of sp³-hybridized carbons (Fsp3) is 0.409. The van der Waals surface area contributed by atoms with Gasteiger partial charge in [-0.1, -0.05) is 25.5 Å². The number of amides is 1. The Kier molecular flexibility index (Phi) is 10.1. The van der Waals surface area contributed by atoms with Gasteiger partial charge in [-0.25, -0.2) is 13.9 Å². The molecule has 0 bridgehead atoms. The Morgan fingerprint density at radius 1 is 1.21 bits per heavy atom. The summed E-state index contributed by atoms with van der Waals surface area (Å²) >= 11 is 0. The summed E-state index contributed by atoms with van der Waals surface area (Å²) in [5, 5.41) is 2.63. The van der Waals surface area contributed by atoms with Crippen molar-refractivity contribution in [3.63, 3.8) is 0 Å². The Morgan fingerprint density at radius 2 is 1.97 bits per heavy atom. The molecular formula is C22H32N6O5S. The van der Waals surface area contributed by atoms with Crippen molar-refractivity contribution >= 4 is 27.6 Å². The molecule has 0 fully saturated rings. The highest BCUT2D eigenvalue weighted by Gasteiger charge is 2.18. The largest absolute Gasteiger partial charge is 0.368 e. The van der Waals surface area contributed by atoms with E-state index in [1.165, 1.54) is 22.8 Å². The molecule has 12 heteroatoms. The molecule has 34 heavy (non-hydrogen) atoms. The van der Waals surface area contributed by atoms with Gasteiger partial charge in [-0.05, 0) is 50.1 Å². The topological polar surface area (TPSA) is 157 Å². The number of anilines is 1. The molecule has 1 heterocycles. The number of carbonyl (C=O) groups excluding carboxylic acids is 1. The lowest BCUT2D eigenvalue weighted by Gasteiger charge is -2.14. The number of aryl methyl sites for hydroxylation is 2. The van der Waals surface area contributed by atoms with E-state index in [0.29, 0.717) is 12.2 Å². The van der Waals surface area contributed by atoms with Crippen LogP contribution in [0.4, 0.5) is 5.69 Å². The number of hydroxylamine groups is 1. The van der Waals surface area contributed by atoms with E-state index in [2.05, 4.69) is 20.5 Å². The van der Waals surface area contributed by atoms with Crippen molar-refractivity contribution in [2.75, 3.05) is 24.4 Å². The quantitative estimate of drug-likeness (QED) is 0.149. The summed E-state index contributed by atoms with van der Waals surface area (Å²) in [5.41, 5.74) is 8.62. The van der Waals surface area contributed by atoms with Gasteiger partial charge in [0.2, 0.25) is 11.9 Å². The van der Waals surface area contributed by atoms with Crippen LogP contribution in [-0.4, -0.2) is 44.5 Å². The average molecular weight is 493 g/mol. The van der Waals surface area contributed by atoms with Gasteiger partial charge in [-0.15, -0.1) is 0 Å². The Morgan fingerprint density at radius 3 is 2.68 bits per heavy atom. The number of unbranched alkanes of at least 4 members (excludes halogenated alkanes) is 1. The fourth-order valence-electron chi connectivity index (χ4n) is 2.89. The number of nitrogens with two attached hydrogens (primary N) is 1. The summed E-state index contributed by atoms with van der Waals surface area (Å²) in [5.74, 6) is -0.274. The van der Waals surface area contributed by atoms with Crippen LogP contribution in [0.3, 0.4) is 0 Å². The Bertz CT molecular complexity index is 1180. The Hall–Kier alpha value is -3.38. The summed E-state index contributed by atoms with van der Waals surface area (Å²) in [6.45, 7) is 6.09. The molecule has 0 atom stereocenters. The standard InChI is InChI=1S/C22H32N6O5S/c1-4-5-11-25-22(23)26-33-13-12-24-20(29)15-28-17(3)9-10-19(21(28)30)27-34(31,32)18-8-6-7-16(2)14-18/h6-10,14,27H,4-5,11-13,15H2,1-3H3,(H,24,29)(H3,23,25,26). The first-order valence-electron chi connectivity index (χ1n) is 10.9. The average Bonchev–Trinajstić information content (AvgIpc) is 2.78. The number of hydrogen-bond donors (Lipinski definition) is 4. The third kappa shape index (κ3) is 8.19. The van der Waals surface area contributed by atoms with Crippen LogP contribution in [0.5, 0.6) is 0 Å². The summed E-state index contributed by atoms with van der Waals surface area (Å²) in [6.07, 6.45) is 1.93. The minimum atomic E-state index is -3.96. The highest BCUT2D eigenvalue weighted by atomic mass is 32.2. The van der Waals surface area contributed by atoms with E-state index in [1.54, 1.807) is 32.0 Å². The fourth-order valence-corrected chi connectivity index (χ4v) is 4.05. The zero-order valence-electron chi connectivity index (χ0n) is 19.6. The molecule has 186 valence electrons. The number of benzene rings is 1. The van der Waals surface area contributed by atoms with Crippen LogP contribution in [0.1, 0.15) is 31.0 Å². The number of nitrogens with zero attached hydrogens (tertiary/aromatic N) is 2. The van der Waals surface area contributed by atoms with E-state index < -0.39 is 21.5 Å². The smallest absolute Gasteiger partial charge is 0.275 e. The highest BCUT2D eigenvalue weighted by Crippen LogP contribution is 2.15. The summed E-state index contributed by atoms with van der Waals surface area (Å²) < 4.78 is 28.9. The van der Waals surface area contributed by atoms with Crippen molar-refractivity contribution in [2.45, 2.75) is 45.1 Å². The van der Waals surface area contributed by atoms with Gasteiger partial charge in [-0.2, -0.15) is 0 Å². The third-order valence-corrected chi connectivity index (χ3v) is 6.10. The van der Waals surface area contributed by atoms with Gasteiger partial charge in [0.25, 0.3) is 15.6 Å². The van der Waals surface area contributed by atoms with Crippen LogP contribution < -0.4 is 26.8 Å². The van der Waals surface area contributed by atoms with Crippen molar-refractivity contribution in [2.24, 2.45) is 10.7 Å². The molecule has 0 saturated heterocycles. The zero-order chi connectivity index (χ0) is 25.1. The van der Waals surface area contributed by atoms with Crippen molar-refractivity contribution in [1.82, 2.24) is 15.4 Å². The number of carbonyl (C=O) groups is 1. The number of aliphatic imine (C=N–C) groups is 1. The van der Waals surface area contributed by atoms with Gasteiger partial charge < -0.3 is 15.6 Å². The lowest BCUT2D eigenvalue weighted by Crippen LogP contribution is -2.38. The van der Waals surface area contributed by atoms with Crippen LogP contribution in [0, 0.1) is 13.8 Å². The number of sulfonamides is 1. The van der Waals surface area contributed by atoms with E-state index in [9.17, 15) is 18.0 Å². The Labute approximate surface area is 199 Å². The molecule has 1 aromatic carbocycles. The van der Waals surface area contributed by atoms with Gasteiger partial charge in [0.15, 0.2) is 0 Å². The van der Waals surface area contributed by atoms with Crippen molar-refractivity contribution in [3.8, 4) is 0 Å². The molecule has 0 spiro atoms. The van der Waals surface area contributed by atoms with Gasteiger partial charge in [0.05, 0.1) is 11.5 Å². The predicted molar refractivity (Wildman–Crippen MR) is 131 cm³/mol. The minimum Gasteiger partial charge on any atom is -0.368 e. The summed E-state index contributed by atoms with van der Waals surface area (Å²) in [7, 11) is -3.96. The van der Waals surface area contributed by atoms with Gasteiger partial charge in [-0.3, -0.25) is 24.1 Å². The number of hydrogen-bond acceptors (Lipinski definition) is 6. The normalized spacial score (nSPS) is 11.8. The van der Waals surface area contributed by atoms with E-state index in [1.807, 2.05) is 6.92 Å². The van der Waals surface area contributed by atoms with Gasteiger partial charge in [0, 0.05) is 18.8 Å². The number of nitrogens with one attached hydrogen (secondary N) is 3. The molecule has 1 aromatic heterocycles. The second-order valence-electron chi connectivity index (χ2n) is 7.62. The summed E-state index contributed by atoms with van der Waals surface area (Å²) in [6, 6.07) is 9.28. The SMILES string of the molecule is CCCCN=C(N)NOCCNC(=O)Cn1c(C)ccc(NS(=O)(=O)c2cccc(C)c2)c1=O. The van der Waals surface area contributed by atoms with E-state index in [-0.39, 0.29) is 36.2 Å². The van der Waals surface area contributed by atoms with Crippen LogP contribution >= 0.6 is 0 Å². The van der Waals surface area contributed by atoms with E-state index in [4.69, 9.17) is 10.6 Å². The summed E-state index contributed by atoms with van der Waals surface area (Å²) in [4.78, 5) is 34.4. The highest BCUT2D eigenvalue weighted by molar-refractivity contribution is 7.92. The third-order valence-electron chi connectivity index (χ3n) is 4.74. The maximum absolute atomic E-state index is 12.9. The number of rotatable bonds is 12. The first-order valence-corrected chi connectivity index (χ1v) is 12.4. The van der Waals surface area contributed by atoms with Crippen molar-refractivity contribution in [1.29, 1.82) is 0 Å². The molecule has 0 unspecified atom stereocenters. The first-order chi connectivity index (χ1) is 16.1. The van der Waals surface area contributed by atoms with Gasteiger partial charge in [0.1, 0.15) is 12.2 Å². The first kappa shape index (κ1) is 26.9. The minimum absolute atomic E-state index is 0.0430. The molecule has 0 radical (unpaired) electrons. The lowest BCUT2D eigenvalue weighted by molar-refractivity contribution is -0.122. The Balaban J connectivity index is 1.95. The van der Waals surface area contributed by atoms with Crippen molar-refractivity contribution in [3.05, 3.63) is 58.0 Å². The molecule has 5 N–H and O–H groups in total. The molecule has 1 amide bonds. The van der Waals surface area contributed by atoms with Crippen LogP contribution in [-0.2, 0) is 26.2 Å². The molecule has 0 aliphatic rings. The maximum atomic E-state index is 12.9. The van der Waals surface area contributed by atoms with E-state index >= 15 is 0 Å². The molecule has 11 nitrogen and oxygen atoms in total. The predicted octanol–water partition coefficient (Wildman–Crippen LogP) is 1.02. The second-order valence-corrected chi connectivity index (χ2v) is 9.31. The van der Waals surface area contributed by atoms with Crippen LogP contribution in [0.15, 0.2) is 51.1 Å². The van der Waals surface area contributed by atoms with Crippen LogP contribution in [0.25, 0.3) is 0 Å². The monoisotopic (exact) mass is 492 g/mol. The molecule has 2 rings (SSSR count). The number of pyridine rings is 1. The van der Waals surface area contributed by atoms with Crippen molar-refractivity contribution < 1.29 is 18.0 Å². The zero-order valence-corrected chi connectivity index (χ0v) is 20.4.